The summed E-state index contributed by atoms with van der Waals surface area (Å²) in [5.41, 5.74) is 0.182. The number of rotatable bonds is 1. The molecular weight excluding hydrogens is 232 g/mol. The number of para-hydroxylation sites is 2. The van der Waals surface area contributed by atoms with Crippen LogP contribution in [0, 0.1) is 0 Å². The Labute approximate surface area is 105 Å². The van der Waals surface area contributed by atoms with Crippen molar-refractivity contribution in [1.82, 2.24) is 5.32 Å². The number of benzene rings is 1. The third-order valence-electron chi connectivity index (χ3n) is 3.69. The van der Waals surface area contributed by atoms with Gasteiger partial charge in [-0.2, -0.15) is 0 Å². The molecule has 1 aromatic carbocycles. The van der Waals surface area contributed by atoms with Crippen LogP contribution in [0.15, 0.2) is 24.3 Å². The molecule has 2 aliphatic rings. The maximum absolute atomic E-state index is 12.1. The normalized spacial score (nSPS) is 27.6. The highest BCUT2D eigenvalue weighted by atomic mass is 16.6. The van der Waals surface area contributed by atoms with E-state index in [1.54, 1.807) is 24.3 Å². The van der Waals surface area contributed by atoms with Crippen LogP contribution in [-0.2, 0) is 4.74 Å². The number of phenolic OH excluding ortho intramolecular Hbond substituents is 1. The van der Waals surface area contributed by atoms with Crippen LogP contribution in [0.2, 0.25) is 0 Å². The Morgan fingerprint density at radius 3 is 2.83 bits per heavy atom. The minimum atomic E-state index is -0.369. The van der Waals surface area contributed by atoms with E-state index in [-0.39, 0.29) is 17.4 Å². The van der Waals surface area contributed by atoms with E-state index in [2.05, 4.69) is 5.32 Å². The summed E-state index contributed by atoms with van der Waals surface area (Å²) in [6, 6.07) is 6.83. The van der Waals surface area contributed by atoms with E-state index >= 15 is 0 Å². The molecule has 2 saturated heterocycles. The van der Waals surface area contributed by atoms with Gasteiger partial charge >= 0.3 is 6.09 Å². The van der Waals surface area contributed by atoms with Crippen LogP contribution in [0.4, 0.5) is 10.5 Å². The van der Waals surface area contributed by atoms with Gasteiger partial charge in [0.2, 0.25) is 0 Å². The summed E-state index contributed by atoms with van der Waals surface area (Å²) in [5, 5.41) is 13.0. The Morgan fingerprint density at radius 2 is 2.17 bits per heavy atom. The van der Waals surface area contributed by atoms with Crippen LogP contribution in [0.3, 0.4) is 0 Å². The summed E-state index contributed by atoms with van der Waals surface area (Å²) in [5.74, 6) is 0.106. The molecule has 18 heavy (non-hydrogen) atoms. The molecule has 5 heteroatoms. The summed E-state index contributed by atoms with van der Waals surface area (Å²) >= 11 is 0. The second-order valence-electron chi connectivity index (χ2n) is 4.87. The number of phenols is 1. The van der Waals surface area contributed by atoms with Crippen LogP contribution in [0.1, 0.15) is 12.8 Å². The molecule has 0 saturated carbocycles. The first kappa shape index (κ1) is 11.3. The second kappa shape index (κ2) is 4.17. The van der Waals surface area contributed by atoms with E-state index in [1.165, 1.54) is 4.90 Å². The lowest BCUT2D eigenvalue weighted by Crippen LogP contribution is -2.50. The van der Waals surface area contributed by atoms with Crippen molar-refractivity contribution in [1.29, 1.82) is 0 Å². The molecule has 1 amide bonds. The maximum atomic E-state index is 12.1. The SMILES string of the molecule is O=C1OC2(CCNC2)CCN1c1ccccc1O. The number of carbonyl (C=O) groups excluding carboxylic acids is 1. The molecule has 0 aromatic heterocycles. The van der Waals surface area contributed by atoms with E-state index in [1.807, 2.05) is 0 Å². The van der Waals surface area contributed by atoms with E-state index < -0.39 is 0 Å². The molecule has 2 heterocycles. The predicted molar refractivity (Wildman–Crippen MR) is 66.8 cm³/mol. The first-order valence-corrected chi connectivity index (χ1v) is 6.19. The summed E-state index contributed by atoms with van der Waals surface area (Å²) in [7, 11) is 0. The van der Waals surface area contributed by atoms with Crippen LogP contribution in [-0.4, -0.2) is 36.4 Å². The molecule has 1 atom stereocenters. The first-order valence-electron chi connectivity index (χ1n) is 6.19. The highest BCUT2D eigenvalue weighted by Gasteiger charge is 2.43. The maximum Gasteiger partial charge on any atom is 0.415 e. The number of aromatic hydroxyl groups is 1. The first-order chi connectivity index (χ1) is 8.70. The van der Waals surface area contributed by atoms with Crippen molar-refractivity contribution in [3.05, 3.63) is 24.3 Å². The number of nitrogens with one attached hydrogen (secondary N) is 1. The minimum absolute atomic E-state index is 0.106. The van der Waals surface area contributed by atoms with Gasteiger partial charge in [0.1, 0.15) is 11.4 Å². The van der Waals surface area contributed by atoms with Crippen molar-refractivity contribution in [2.75, 3.05) is 24.5 Å². The Kier molecular flexibility index (Phi) is 2.63. The van der Waals surface area contributed by atoms with Crippen LogP contribution in [0.25, 0.3) is 0 Å². The van der Waals surface area contributed by atoms with E-state index in [4.69, 9.17) is 4.74 Å². The number of hydrogen-bond donors (Lipinski definition) is 2. The lowest BCUT2D eigenvalue weighted by atomic mass is 9.97. The van der Waals surface area contributed by atoms with Gasteiger partial charge in [-0.25, -0.2) is 4.79 Å². The van der Waals surface area contributed by atoms with Crippen molar-refractivity contribution in [3.8, 4) is 5.75 Å². The number of carbonyl (C=O) groups is 1. The Hall–Kier alpha value is -1.75. The van der Waals surface area contributed by atoms with Gasteiger partial charge in [0, 0.05) is 25.9 Å². The molecular formula is C13H16N2O3. The number of hydrogen-bond acceptors (Lipinski definition) is 4. The fraction of sp³-hybridized carbons (Fsp3) is 0.462. The van der Waals surface area contributed by atoms with Crippen molar-refractivity contribution in [3.63, 3.8) is 0 Å². The van der Waals surface area contributed by atoms with Gasteiger partial charge in [0.05, 0.1) is 5.69 Å². The topological polar surface area (TPSA) is 61.8 Å². The van der Waals surface area contributed by atoms with Crippen molar-refractivity contribution in [2.45, 2.75) is 18.4 Å². The molecule has 2 aliphatic heterocycles. The summed E-state index contributed by atoms with van der Waals surface area (Å²) in [6.45, 7) is 2.20. The van der Waals surface area contributed by atoms with E-state index in [0.717, 1.165) is 25.9 Å². The van der Waals surface area contributed by atoms with Gasteiger partial charge in [-0.1, -0.05) is 12.1 Å². The molecule has 0 aliphatic carbocycles. The highest BCUT2D eigenvalue weighted by Crippen LogP contribution is 2.34. The van der Waals surface area contributed by atoms with Gasteiger partial charge in [-0.05, 0) is 18.7 Å². The van der Waals surface area contributed by atoms with Gasteiger partial charge in [0.15, 0.2) is 0 Å². The molecule has 2 N–H and O–H groups in total. The van der Waals surface area contributed by atoms with Crippen molar-refractivity contribution in [2.24, 2.45) is 0 Å². The Bertz CT molecular complexity index is 469. The largest absolute Gasteiger partial charge is 0.506 e. The zero-order valence-corrected chi connectivity index (χ0v) is 10.1. The average Bonchev–Trinajstić information content (AvgIpc) is 2.79. The predicted octanol–water partition coefficient (Wildman–Crippen LogP) is 1.47. The molecule has 0 bridgehead atoms. The lowest BCUT2D eigenvalue weighted by molar-refractivity contribution is 0.0104. The standard InChI is InChI=1S/C13H16N2O3/c16-11-4-2-1-3-10(11)15-8-6-13(18-12(15)17)5-7-14-9-13/h1-4,14,16H,5-9H2. The van der Waals surface area contributed by atoms with Gasteiger partial charge in [0.25, 0.3) is 0 Å². The molecule has 5 nitrogen and oxygen atoms in total. The zero-order valence-electron chi connectivity index (χ0n) is 10.1. The molecule has 0 radical (unpaired) electrons. The zero-order chi connectivity index (χ0) is 12.6. The third-order valence-corrected chi connectivity index (χ3v) is 3.69. The molecule has 3 rings (SSSR count). The molecule has 2 fully saturated rings. The quantitative estimate of drug-likeness (QED) is 0.790. The Morgan fingerprint density at radius 1 is 1.33 bits per heavy atom. The van der Waals surface area contributed by atoms with Gasteiger partial charge in [-0.3, -0.25) is 4.90 Å². The van der Waals surface area contributed by atoms with Crippen LogP contribution in [0.5, 0.6) is 5.75 Å². The molecule has 1 spiro atoms. The summed E-state index contributed by atoms with van der Waals surface area (Å²) in [6.07, 6.45) is 1.29. The molecule has 96 valence electrons. The van der Waals surface area contributed by atoms with Crippen LogP contribution < -0.4 is 10.2 Å². The van der Waals surface area contributed by atoms with Gasteiger partial charge in [-0.15, -0.1) is 0 Å². The van der Waals surface area contributed by atoms with E-state index in [9.17, 15) is 9.90 Å². The molecule has 1 aromatic rings. The third kappa shape index (κ3) is 1.80. The number of amides is 1. The summed E-state index contributed by atoms with van der Waals surface area (Å²) < 4.78 is 5.57. The highest BCUT2D eigenvalue weighted by molar-refractivity contribution is 5.90. The lowest BCUT2D eigenvalue weighted by Gasteiger charge is -2.38. The van der Waals surface area contributed by atoms with Crippen LogP contribution >= 0.6 is 0 Å². The second-order valence-corrected chi connectivity index (χ2v) is 4.87. The average molecular weight is 248 g/mol. The molecule has 1 unspecified atom stereocenters. The van der Waals surface area contributed by atoms with E-state index in [0.29, 0.717) is 12.2 Å². The number of ether oxygens (including phenoxy) is 1. The smallest absolute Gasteiger partial charge is 0.415 e. The Balaban J connectivity index is 1.81. The van der Waals surface area contributed by atoms with Crippen molar-refractivity contribution < 1.29 is 14.6 Å². The number of nitrogens with zero attached hydrogens (tertiary/aromatic N) is 1. The van der Waals surface area contributed by atoms with Gasteiger partial charge < -0.3 is 15.2 Å². The van der Waals surface area contributed by atoms with Crippen molar-refractivity contribution >= 4 is 11.8 Å². The minimum Gasteiger partial charge on any atom is -0.506 e. The number of anilines is 1. The monoisotopic (exact) mass is 248 g/mol. The summed E-state index contributed by atoms with van der Waals surface area (Å²) in [4.78, 5) is 13.6. The fourth-order valence-electron chi connectivity index (χ4n) is 2.63. The fourth-order valence-corrected chi connectivity index (χ4v) is 2.63.